The standard InChI is InChI=1S/C20H23NO5S2/c1-5-26-20(23)16-10-11-21(19-17(18(16)22)13(3)14(4)27-19)28(24,25)15-8-6-12(2)7-9-15/h6-9,22H,5,10-11H2,1-4H3. The molecule has 1 aliphatic rings. The summed E-state index contributed by atoms with van der Waals surface area (Å²) in [5, 5.41) is 11.3. The summed E-state index contributed by atoms with van der Waals surface area (Å²) >= 11 is 1.29. The predicted octanol–water partition coefficient (Wildman–Crippen LogP) is 4.10. The number of carbonyl (C=O) groups is 1. The summed E-state index contributed by atoms with van der Waals surface area (Å²) < 4.78 is 33.1. The van der Waals surface area contributed by atoms with Gasteiger partial charge < -0.3 is 9.84 Å². The summed E-state index contributed by atoms with van der Waals surface area (Å²) in [6, 6.07) is 6.64. The molecule has 150 valence electrons. The van der Waals surface area contributed by atoms with E-state index in [1.807, 2.05) is 20.8 Å². The van der Waals surface area contributed by atoms with Crippen molar-refractivity contribution in [2.24, 2.45) is 0 Å². The van der Waals surface area contributed by atoms with Gasteiger partial charge in [0.05, 0.1) is 22.6 Å². The number of fused-ring (bicyclic) bond motifs is 1. The summed E-state index contributed by atoms with van der Waals surface area (Å²) in [7, 11) is -3.85. The first-order valence-corrected chi connectivity index (χ1v) is 11.2. The molecule has 0 spiro atoms. The van der Waals surface area contributed by atoms with E-state index in [1.165, 1.54) is 15.6 Å². The highest BCUT2D eigenvalue weighted by Gasteiger charge is 2.35. The maximum Gasteiger partial charge on any atom is 0.337 e. The van der Waals surface area contributed by atoms with Crippen LogP contribution in [0.4, 0.5) is 5.00 Å². The van der Waals surface area contributed by atoms with Crippen LogP contribution < -0.4 is 4.31 Å². The van der Waals surface area contributed by atoms with Crippen LogP contribution in [0.15, 0.2) is 34.7 Å². The first-order chi connectivity index (χ1) is 13.2. The number of ether oxygens (including phenoxy) is 1. The molecule has 2 aromatic rings. The molecule has 6 nitrogen and oxygen atoms in total. The number of anilines is 1. The van der Waals surface area contributed by atoms with E-state index in [-0.39, 0.29) is 35.8 Å². The number of esters is 1. The first kappa shape index (κ1) is 20.4. The minimum atomic E-state index is -3.85. The number of nitrogens with zero attached hydrogens (tertiary/aromatic N) is 1. The van der Waals surface area contributed by atoms with Crippen molar-refractivity contribution in [3.05, 3.63) is 51.4 Å². The van der Waals surface area contributed by atoms with Gasteiger partial charge in [-0.1, -0.05) is 17.7 Å². The predicted molar refractivity (Wildman–Crippen MR) is 110 cm³/mol. The molecule has 0 saturated carbocycles. The number of carbonyl (C=O) groups excluding carboxylic acids is 1. The molecule has 2 heterocycles. The number of thiophene rings is 1. The second kappa shape index (κ2) is 7.60. The van der Waals surface area contributed by atoms with Crippen molar-refractivity contribution < 1.29 is 23.1 Å². The maximum absolute atomic E-state index is 13.4. The lowest BCUT2D eigenvalue weighted by molar-refractivity contribution is -0.138. The average molecular weight is 422 g/mol. The molecule has 3 rings (SSSR count). The minimum absolute atomic E-state index is 0.0425. The Bertz CT molecular complexity index is 1050. The molecule has 0 fully saturated rings. The van der Waals surface area contributed by atoms with Crippen molar-refractivity contribution in [1.82, 2.24) is 0 Å². The summed E-state index contributed by atoms with van der Waals surface area (Å²) in [5.41, 5.74) is 2.21. The molecule has 0 amide bonds. The van der Waals surface area contributed by atoms with Crippen LogP contribution >= 0.6 is 11.3 Å². The van der Waals surface area contributed by atoms with Crippen LogP contribution in [0.1, 0.15) is 34.9 Å². The lowest BCUT2D eigenvalue weighted by Gasteiger charge is -2.22. The molecule has 0 bridgehead atoms. The van der Waals surface area contributed by atoms with E-state index in [0.29, 0.717) is 10.6 Å². The summed E-state index contributed by atoms with van der Waals surface area (Å²) in [4.78, 5) is 13.4. The zero-order valence-corrected chi connectivity index (χ0v) is 17.9. The van der Waals surface area contributed by atoms with Crippen LogP contribution in [0.25, 0.3) is 5.76 Å². The Morgan fingerprint density at radius 2 is 1.86 bits per heavy atom. The highest BCUT2D eigenvalue weighted by molar-refractivity contribution is 7.93. The molecular weight excluding hydrogens is 398 g/mol. The highest BCUT2D eigenvalue weighted by atomic mass is 32.2. The van der Waals surface area contributed by atoms with Gasteiger partial charge >= 0.3 is 5.97 Å². The Morgan fingerprint density at radius 1 is 1.21 bits per heavy atom. The van der Waals surface area contributed by atoms with E-state index >= 15 is 0 Å². The van der Waals surface area contributed by atoms with E-state index in [1.54, 1.807) is 31.2 Å². The Balaban J connectivity index is 2.16. The van der Waals surface area contributed by atoms with Crippen molar-refractivity contribution in [3.8, 4) is 0 Å². The molecule has 1 aromatic heterocycles. The van der Waals surface area contributed by atoms with Crippen LogP contribution in [0, 0.1) is 20.8 Å². The fraction of sp³-hybridized carbons (Fsp3) is 0.350. The van der Waals surface area contributed by atoms with Gasteiger partial charge in [-0.3, -0.25) is 4.31 Å². The molecule has 1 aliphatic heterocycles. The fourth-order valence-corrected chi connectivity index (χ4v) is 6.00. The van der Waals surface area contributed by atoms with Gasteiger partial charge in [-0.05, 0) is 45.4 Å². The third-order valence-corrected chi connectivity index (χ3v) is 7.97. The molecule has 0 saturated heterocycles. The highest BCUT2D eigenvalue weighted by Crippen LogP contribution is 2.44. The van der Waals surface area contributed by atoms with Crippen LogP contribution in [-0.2, 0) is 19.6 Å². The quantitative estimate of drug-likeness (QED) is 0.751. The number of aliphatic hydroxyl groups excluding tert-OH is 1. The summed E-state index contributed by atoms with van der Waals surface area (Å²) in [5.74, 6) is -0.819. The van der Waals surface area contributed by atoms with Crippen molar-refractivity contribution in [1.29, 1.82) is 0 Å². The normalized spacial score (nSPS) is 14.6. The Hall–Kier alpha value is -2.32. The van der Waals surface area contributed by atoms with E-state index in [4.69, 9.17) is 4.74 Å². The topological polar surface area (TPSA) is 83.9 Å². The monoisotopic (exact) mass is 421 g/mol. The smallest absolute Gasteiger partial charge is 0.337 e. The van der Waals surface area contributed by atoms with Crippen LogP contribution in [0.2, 0.25) is 0 Å². The largest absolute Gasteiger partial charge is 0.507 e. The molecule has 0 aliphatic carbocycles. The zero-order valence-electron chi connectivity index (χ0n) is 16.3. The zero-order chi connectivity index (χ0) is 20.6. The van der Waals surface area contributed by atoms with Gasteiger partial charge in [-0.2, -0.15) is 0 Å². The van der Waals surface area contributed by atoms with Gasteiger partial charge in [0.15, 0.2) is 0 Å². The SMILES string of the molecule is CCOC(=O)C1=C(O)c2c(sc(C)c2C)N(S(=O)(=O)c2ccc(C)cc2)CC1. The lowest BCUT2D eigenvalue weighted by atomic mass is 10.1. The van der Waals surface area contributed by atoms with E-state index in [9.17, 15) is 18.3 Å². The second-order valence-electron chi connectivity index (χ2n) is 6.65. The molecule has 1 N–H and O–H groups in total. The van der Waals surface area contributed by atoms with E-state index in [0.717, 1.165) is 16.0 Å². The Morgan fingerprint density at radius 3 is 2.46 bits per heavy atom. The molecule has 0 atom stereocenters. The van der Waals surface area contributed by atoms with Crippen molar-refractivity contribution in [2.75, 3.05) is 17.5 Å². The Kier molecular flexibility index (Phi) is 5.54. The number of aryl methyl sites for hydroxylation is 2. The maximum atomic E-state index is 13.4. The van der Waals surface area contributed by atoms with Crippen molar-refractivity contribution in [3.63, 3.8) is 0 Å². The molecule has 8 heteroatoms. The van der Waals surface area contributed by atoms with Gasteiger partial charge in [0.2, 0.25) is 0 Å². The number of aliphatic hydroxyl groups is 1. The third kappa shape index (κ3) is 3.42. The average Bonchev–Trinajstić information content (AvgIpc) is 2.83. The van der Waals surface area contributed by atoms with Gasteiger partial charge in [-0.15, -0.1) is 11.3 Å². The number of hydrogen-bond donors (Lipinski definition) is 1. The van der Waals surface area contributed by atoms with Crippen LogP contribution in [0.3, 0.4) is 0 Å². The number of sulfonamides is 1. The van der Waals surface area contributed by atoms with Gasteiger partial charge in [0, 0.05) is 17.8 Å². The molecular formula is C20H23NO5S2. The van der Waals surface area contributed by atoms with Gasteiger partial charge in [-0.25, -0.2) is 13.2 Å². The molecule has 28 heavy (non-hydrogen) atoms. The summed E-state index contributed by atoms with van der Waals surface area (Å²) in [6.07, 6.45) is 0.0651. The van der Waals surface area contributed by atoms with Crippen LogP contribution in [0.5, 0.6) is 0 Å². The first-order valence-electron chi connectivity index (χ1n) is 8.97. The molecule has 0 radical (unpaired) electrons. The van der Waals surface area contributed by atoms with E-state index in [2.05, 4.69) is 0 Å². The third-order valence-electron chi connectivity index (χ3n) is 4.81. The second-order valence-corrected chi connectivity index (χ2v) is 9.72. The summed E-state index contributed by atoms with van der Waals surface area (Å²) in [6.45, 7) is 7.47. The molecule has 1 aromatic carbocycles. The number of rotatable bonds is 4. The van der Waals surface area contributed by atoms with Crippen molar-refractivity contribution in [2.45, 2.75) is 39.0 Å². The van der Waals surface area contributed by atoms with Crippen molar-refractivity contribution >= 4 is 38.1 Å². The minimum Gasteiger partial charge on any atom is -0.507 e. The molecule has 0 unspecified atom stereocenters. The number of hydrogen-bond acceptors (Lipinski definition) is 6. The van der Waals surface area contributed by atoms with Gasteiger partial charge in [0.25, 0.3) is 10.0 Å². The fourth-order valence-electron chi connectivity index (χ4n) is 3.13. The number of benzene rings is 1. The Labute approximate surface area is 169 Å². The van der Waals surface area contributed by atoms with E-state index < -0.39 is 16.0 Å². The lowest BCUT2D eigenvalue weighted by Crippen LogP contribution is -2.31. The van der Waals surface area contributed by atoms with Crippen LogP contribution in [-0.4, -0.2) is 32.6 Å². The van der Waals surface area contributed by atoms with Gasteiger partial charge in [0.1, 0.15) is 10.8 Å².